The van der Waals surface area contributed by atoms with E-state index in [0.29, 0.717) is 0 Å². The van der Waals surface area contributed by atoms with Crippen molar-refractivity contribution in [3.8, 4) is 0 Å². The third-order valence-electron chi connectivity index (χ3n) is 0.964. The number of rotatable bonds is 1. The van der Waals surface area contributed by atoms with Crippen molar-refractivity contribution in [2.75, 3.05) is 7.11 Å². The van der Waals surface area contributed by atoms with Crippen molar-refractivity contribution >= 4 is 12.3 Å². The predicted molar refractivity (Wildman–Crippen MR) is 44.5 cm³/mol. The molecule has 0 saturated heterocycles. The maximum Gasteiger partial charge on any atom is 0.371 e. The molecule has 0 atom stereocenters. The van der Waals surface area contributed by atoms with Gasteiger partial charge in [0.25, 0.3) is 0 Å². The maximum absolute atomic E-state index is 9.59. The van der Waals surface area contributed by atoms with E-state index in [-0.39, 0.29) is 6.29 Å². The van der Waals surface area contributed by atoms with Crippen molar-refractivity contribution in [2.24, 2.45) is 0 Å². The van der Waals surface area contributed by atoms with Crippen LogP contribution in [-0.4, -0.2) is 19.4 Å². The highest BCUT2D eigenvalue weighted by atomic mass is 16.5. The summed E-state index contributed by atoms with van der Waals surface area (Å²) in [5.74, 6) is -0.838. The van der Waals surface area contributed by atoms with E-state index >= 15 is 0 Å². The Morgan fingerprint density at radius 2 is 1.42 bits per heavy atom. The second-order valence-electron chi connectivity index (χ2n) is 1.80. The van der Waals surface area contributed by atoms with Crippen LogP contribution in [0.3, 0.4) is 0 Å². The molecular weight excluding hydrogens is 156 g/mol. The third-order valence-corrected chi connectivity index (χ3v) is 0.964. The summed E-state index contributed by atoms with van der Waals surface area (Å²) >= 11 is 0. The molecule has 0 aromatic heterocycles. The fourth-order valence-electron chi connectivity index (χ4n) is 0.433. The van der Waals surface area contributed by atoms with Gasteiger partial charge < -0.3 is 4.74 Å². The van der Waals surface area contributed by atoms with Crippen LogP contribution < -0.4 is 0 Å². The summed E-state index contributed by atoms with van der Waals surface area (Å²) in [5.41, 5.74) is 0. The zero-order valence-corrected chi connectivity index (χ0v) is 6.77. The molecule has 1 rings (SSSR count). The summed E-state index contributed by atoms with van der Waals surface area (Å²) in [6.45, 7) is 0. The second-order valence-corrected chi connectivity index (χ2v) is 1.80. The quantitative estimate of drug-likeness (QED) is 0.355. The fourth-order valence-corrected chi connectivity index (χ4v) is 0.433. The first-order valence-corrected chi connectivity index (χ1v) is 3.34. The van der Waals surface area contributed by atoms with E-state index in [9.17, 15) is 9.59 Å². The molecule has 64 valence electrons. The molecule has 0 bridgehead atoms. The predicted octanol–water partition coefficient (Wildman–Crippen LogP) is 1.04. The second kappa shape index (κ2) is 7.47. The first kappa shape index (κ1) is 10.4. The van der Waals surface area contributed by atoms with Crippen molar-refractivity contribution in [1.82, 2.24) is 0 Å². The first-order valence-electron chi connectivity index (χ1n) is 3.34. The lowest BCUT2D eigenvalue weighted by Gasteiger charge is -1.79. The molecule has 0 N–H and O–H groups in total. The molecule has 0 fully saturated rings. The first-order chi connectivity index (χ1) is 5.81. The molecule has 0 saturated carbocycles. The van der Waals surface area contributed by atoms with Gasteiger partial charge in [-0.3, -0.25) is 4.79 Å². The van der Waals surface area contributed by atoms with Crippen LogP contribution in [0.15, 0.2) is 36.4 Å². The van der Waals surface area contributed by atoms with Gasteiger partial charge in [0.05, 0.1) is 7.11 Å². The van der Waals surface area contributed by atoms with Crippen molar-refractivity contribution < 1.29 is 14.3 Å². The maximum atomic E-state index is 9.59. The number of benzene rings is 1. The fraction of sp³-hybridized carbons (Fsp3) is 0.111. The van der Waals surface area contributed by atoms with Gasteiger partial charge in [0, 0.05) is 0 Å². The van der Waals surface area contributed by atoms with E-state index in [4.69, 9.17) is 0 Å². The molecule has 3 heteroatoms. The number of carbonyl (C=O) groups is 2. The van der Waals surface area contributed by atoms with Gasteiger partial charge in [-0.15, -0.1) is 0 Å². The van der Waals surface area contributed by atoms with Crippen LogP contribution in [0, 0.1) is 0 Å². The van der Waals surface area contributed by atoms with E-state index in [1.54, 1.807) is 0 Å². The SMILES string of the molecule is COC(=O)C=O.c1ccccc1. The summed E-state index contributed by atoms with van der Waals surface area (Å²) in [7, 11) is 1.15. The molecule has 0 heterocycles. The number of carbonyl (C=O) groups excluding carboxylic acids is 2. The Balaban J connectivity index is 0.000000202. The Morgan fingerprint density at radius 3 is 1.50 bits per heavy atom. The highest BCUT2D eigenvalue weighted by Gasteiger charge is 1.88. The molecule has 0 amide bonds. The molecule has 0 aliphatic rings. The van der Waals surface area contributed by atoms with Crippen LogP contribution in [0.2, 0.25) is 0 Å². The molecule has 0 spiro atoms. The molecule has 0 aliphatic heterocycles. The highest BCUT2D eigenvalue weighted by Crippen LogP contribution is 1.79. The normalized spacial score (nSPS) is 7.42. The van der Waals surface area contributed by atoms with Gasteiger partial charge in [0.2, 0.25) is 6.29 Å². The average Bonchev–Trinajstić information content (AvgIpc) is 2.20. The van der Waals surface area contributed by atoms with Gasteiger partial charge in [0.15, 0.2) is 0 Å². The molecule has 1 aromatic rings. The molecule has 0 unspecified atom stereocenters. The van der Waals surface area contributed by atoms with Gasteiger partial charge in [-0.25, -0.2) is 4.79 Å². The molecular formula is C9H10O3. The lowest BCUT2D eigenvalue weighted by Crippen LogP contribution is -1.98. The summed E-state index contributed by atoms with van der Waals surface area (Å²) < 4.78 is 3.89. The number of hydrogen-bond donors (Lipinski definition) is 0. The minimum Gasteiger partial charge on any atom is -0.463 e. The molecule has 0 radical (unpaired) electrons. The zero-order valence-electron chi connectivity index (χ0n) is 6.77. The Hall–Kier alpha value is -1.64. The Morgan fingerprint density at radius 1 is 1.08 bits per heavy atom. The number of esters is 1. The van der Waals surface area contributed by atoms with Crippen LogP contribution in [0.4, 0.5) is 0 Å². The molecule has 0 aliphatic carbocycles. The monoisotopic (exact) mass is 166 g/mol. The van der Waals surface area contributed by atoms with Gasteiger partial charge in [0.1, 0.15) is 0 Å². The minimum atomic E-state index is -0.838. The largest absolute Gasteiger partial charge is 0.463 e. The molecule has 3 nitrogen and oxygen atoms in total. The third kappa shape index (κ3) is 6.48. The summed E-state index contributed by atoms with van der Waals surface area (Å²) in [6.07, 6.45) is 0.111. The number of ether oxygens (including phenoxy) is 1. The standard InChI is InChI=1S/C6H6.C3H4O3/c1-2-4-6-5-3-1;1-6-3(5)2-4/h1-6H;2H,1H3. The van der Waals surface area contributed by atoms with Gasteiger partial charge in [-0.2, -0.15) is 0 Å². The van der Waals surface area contributed by atoms with Gasteiger partial charge in [-0.1, -0.05) is 36.4 Å². The van der Waals surface area contributed by atoms with Crippen LogP contribution >= 0.6 is 0 Å². The van der Waals surface area contributed by atoms with Gasteiger partial charge >= 0.3 is 5.97 Å². The van der Waals surface area contributed by atoms with E-state index in [2.05, 4.69) is 4.74 Å². The minimum absolute atomic E-state index is 0.111. The van der Waals surface area contributed by atoms with Gasteiger partial charge in [-0.05, 0) is 0 Å². The van der Waals surface area contributed by atoms with E-state index in [0.717, 1.165) is 7.11 Å². The van der Waals surface area contributed by atoms with Crippen LogP contribution in [-0.2, 0) is 14.3 Å². The van der Waals surface area contributed by atoms with E-state index in [1.165, 1.54) is 0 Å². The van der Waals surface area contributed by atoms with Crippen molar-refractivity contribution in [1.29, 1.82) is 0 Å². The average molecular weight is 166 g/mol. The highest BCUT2D eigenvalue weighted by molar-refractivity contribution is 6.20. The van der Waals surface area contributed by atoms with Crippen LogP contribution in [0.25, 0.3) is 0 Å². The Labute approximate surface area is 71.0 Å². The van der Waals surface area contributed by atoms with E-state index in [1.807, 2.05) is 36.4 Å². The molecule has 1 aromatic carbocycles. The van der Waals surface area contributed by atoms with Crippen molar-refractivity contribution in [3.63, 3.8) is 0 Å². The van der Waals surface area contributed by atoms with Crippen molar-refractivity contribution in [2.45, 2.75) is 0 Å². The van der Waals surface area contributed by atoms with Crippen molar-refractivity contribution in [3.05, 3.63) is 36.4 Å². The van der Waals surface area contributed by atoms with E-state index < -0.39 is 5.97 Å². The topological polar surface area (TPSA) is 43.4 Å². The number of methoxy groups -OCH3 is 1. The lowest BCUT2D eigenvalue weighted by atomic mass is 10.4. The summed E-state index contributed by atoms with van der Waals surface area (Å²) in [5, 5.41) is 0. The Kier molecular flexibility index (Phi) is 6.45. The molecule has 12 heavy (non-hydrogen) atoms. The summed E-state index contributed by atoms with van der Waals surface area (Å²) in [6, 6.07) is 12.0. The summed E-state index contributed by atoms with van der Waals surface area (Å²) in [4.78, 5) is 18.9. The van der Waals surface area contributed by atoms with Crippen LogP contribution in [0.1, 0.15) is 0 Å². The smallest absolute Gasteiger partial charge is 0.371 e. The lowest BCUT2D eigenvalue weighted by molar-refractivity contribution is -0.146. The number of hydrogen-bond acceptors (Lipinski definition) is 3. The van der Waals surface area contributed by atoms with Crippen LogP contribution in [0.5, 0.6) is 0 Å². The Bertz CT molecular complexity index is 192. The number of aldehydes is 1. The zero-order chi connectivity index (χ0) is 9.23.